The van der Waals surface area contributed by atoms with Gasteiger partial charge >= 0.3 is 5.97 Å². The van der Waals surface area contributed by atoms with Gasteiger partial charge in [-0.2, -0.15) is 0 Å². The number of nitro benzene ring substituents is 1. The van der Waals surface area contributed by atoms with Crippen molar-refractivity contribution in [3.8, 4) is 0 Å². The fraction of sp³-hybridized carbons (Fsp3) is 0.417. The molecular weight excluding hydrogens is 254 g/mol. The van der Waals surface area contributed by atoms with E-state index in [0.29, 0.717) is 10.8 Å². The van der Waals surface area contributed by atoms with Gasteiger partial charge in [-0.3, -0.25) is 10.1 Å². The number of nitro groups is 1. The molecule has 0 heterocycles. The predicted molar refractivity (Wildman–Crippen MR) is 70.2 cm³/mol. The number of carbonyl (C=O) groups is 1. The standard InChI is InChI=1S/C12H15NO4S/c1-3-8(2)7-18-10-6-4-5-9(12(14)15)11(10)13(16)17/h4-6,8H,3,7H2,1-2H3,(H,14,15). The number of aromatic carboxylic acids is 1. The van der Waals surface area contributed by atoms with Crippen LogP contribution in [0.1, 0.15) is 30.6 Å². The summed E-state index contributed by atoms with van der Waals surface area (Å²) in [6, 6.07) is 4.39. The van der Waals surface area contributed by atoms with E-state index in [1.165, 1.54) is 23.9 Å². The van der Waals surface area contributed by atoms with E-state index in [4.69, 9.17) is 5.11 Å². The maximum Gasteiger partial charge on any atom is 0.342 e. The molecule has 0 aliphatic heterocycles. The zero-order valence-electron chi connectivity index (χ0n) is 10.3. The molecule has 6 heteroatoms. The first-order chi connectivity index (χ1) is 8.47. The molecule has 0 fully saturated rings. The molecule has 98 valence electrons. The Morgan fingerprint density at radius 1 is 1.56 bits per heavy atom. The molecule has 0 amide bonds. The highest BCUT2D eigenvalue weighted by Gasteiger charge is 2.24. The van der Waals surface area contributed by atoms with Crippen molar-refractivity contribution >= 4 is 23.4 Å². The second-order valence-corrected chi connectivity index (χ2v) is 5.10. The van der Waals surface area contributed by atoms with Gasteiger partial charge < -0.3 is 5.11 Å². The maximum atomic E-state index is 11.0. The van der Waals surface area contributed by atoms with Gasteiger partial charge in [-0.1, -0.05) is 26.3 Å². The first kappa shape index (κ1) is 14.5. The lowest BCUT2D eigenvalue weighted by atomic mass is 10.2. The minimum Gasteiger partial charge on any atom is -0.477 e. The Kier molecular flexibility index (Phi) is 5.15. The average molecular weight is 269 g/mol. The Balaban J connectivity index is 3.07. The van der Waals surface area contributed by atoms with Gasteiger partial charge in [-0.25, -0.2) is 4.79 Å². The van der Waals surface area contributed by atoms with E-state index in [2.05, 4.69) is 6.92 Å². The lowest BCUT2D eigenvalue weighted by molar-refractivity contribution is -0.388. The second kappa shape index (κ2) is 6.39. The van der Waals surface area contributed by atoms with Crippen molar-refractivity contribution in [1.82, 2.24) is 0 Å². The molecule has 1 atom stereocenters. The topological polar surface area (TPSA) is 80.4 Å². The van der Waals surface area contributed by atoms with Crippen molar-refractivity contribution in [2.75, 3.05) is 5.75 Å². The number of thioether (sulfide) groups is 1. The van der Waals surface area contributed by atoms with Gasteiger partial charge in [0.05, 0.1) is 9.82 Å². The zero-order chi connectivity index (χ0) is 13.7. The number of nitrogens with zero attached hydrogens (tertiary/aromatic N) is 1. The molecule has 1 aromatic rings. The minimum absolute atomic E-state index is 0.255. The van der Waals surface area contributed by atoms with E-state index in [-0.39, 0.29) is 11.3 Å². The quantitative estimate of drug-likeness (QED) is 0.486. The largest absolute Gasteiger partial charge is 0.477 e. The number of hydrogen-bond donors (Lipinski definition) is 1. The SMILES string of the molecule is CCC(C)CSc1cccc(C(=O)O)c1[N+](=O)[O-]. The Morgan fingerprint density at radius 2 is 2.22 bits per heavy atom. The molecule has 0 saturated carbocycles. The molecule has 1 unspecified atom stereocenters. The van der Waals surface area contributed by atoms with Crippen LogP contribution in [0.15, 0.2) is 23.1 Å². The number of hydrogen-bond acceptors (Lipinski definition) is 4. The third kappa shape index (κ3) is 3.46. The molecule has 0 radical (unpaired) electrons. The number of benzene rings is 1. The molecule has 0 aliphatic rings. The van der Waals surface area contributed by atoms with Gasteiger partial charge in [-0.15, -0.1) is 11.8 Å². The summed E-state index contributed by atoms with van der Waals surface area (Å²) in [6.07, 6.45) is 0.986. The fourth-order valence-corrected chi connectivity index (χ4v) is 2.55. The lowest BCUT2D eigenvalue weighted by Crippen LogP contribution is -2.04. The van der Waals surface area contributed by atoms with Crippen LogP contribution in [0.5, 0.6) is 0 Å². The van der Waals surface area contributed by atoms with Crippen molar-refractivity contribution in [2.45, 2.75) is 25.2 Å². The van der Waals surface area contributed by atoms with Crippen molar-refractivity contribution in [3.63, 3.8) is 0 Å². The number of carboxylic acids is 1. The van der Waals surface area contributed by atoms with E-state index in [0.717, 1.165) is 12.2 Å². The second-order valence-electron chi connectivity index (χ2n) is 4.04. The number of rotatable bonds is 6. The van der Waals surface area contributed by atoms with E-state index in [9.17, 15) is 14.9 Å². The Bertz CT molecular complexity index is 461. The molecule has 1 N–H and O–H groups in total. The summed E-state index contributed by atoms with van der Waals surface area (Å²) in [4.78, 5) is 21.7. The van der Waals surface area contributed by atoms with Gasteiger partial charge in [0, 0.05) is 5.75 Å². The number of carboxylic acid groups (broad SMARTS) is 1. The summed E-state index contributed by atoms with van der Waals surface area (Å²) in [5.41, 5.74) is -0.563. The smallest absolute Gasteiger partial charge is 0.342 e. The van der Waals surface area contributed by atoms with Crippen LogP contribution in [-0.4, -0.2) is 21.8 Å². The van der Waals surface area contributed by atoms with E-state index < -0.39 is 10.9 Å². The summed E-state index contributed by atoms with van der Waals surface area (Å²) in [5.74, 6) is -0.101. The highest BCUT2D eigenvalue weighted by molar-refractivity contribution is 7.99. The summed E-state index contributed by atoms with van der Waals surface area (Å²) in [5, 5.41) is 19.9. The van der Waals surface area contributed by atoms with Crippen molar-refractivity contribution in [3.05, 3.63) is 33.9 Å². The van der Waals surface area contributed by atoms with Crippen molar-refractivity contribution in [2.24, 2.45) is 5.92 Å². The minimum atomic E-state index is -1.27. The van der Waals surface area contributed by atoms with Crippen LogP contribution in [0.3, 0.4) is 0 Å². The van der Waals surface area contributed by atoms with Crippen LogP contribution < -0.4 is 0 Å². The molecule has 0 bridgehead atoms. The van der Waals surface area contributed by atoms with Crippen LogP contribution in [0.2, 0.25) is 0 Å². The van der Waals surface area contributed by atoms with E-state index in [1.54, 1.807) is 6.07 Å². The van der Waals surface area contributed by atoms with Crippen LogP contribution in [-0.2, 0) is 0 Å². The van der Waals surface area contributed by atoms with Crippen molar-refractivity contribution < 1.29 is 14.8 Å². The highest BCUT2D eigenvalue weighted by atomic mass is 32.2. The zero-order valence-corrected chi connectivity index (χ0v) is 11.1. The van der Waals surface area contributed by atoms with Crippen LogP contribution in [0.25, 0.3) is 0 Å². The molecule has 0 aliphatic carbocycles. The van der Waals surface area contributed by atoms with Gasteiger partial charge in [-0.05, 0) is 18.1 Å². The summed E-state index contributed by atoms with van der Waals surface area (Å²) < 4.78 is 0. The third-order valence-corrected chi connectivity index (χ3v) is 4.01. The molecule has 5 nitrogen and oxygen atoms in total. The summed E-state index contributed by atoms with van der Waals surface area (Å²) >= 11 is 1.33. The molecule has 18 heavy (non-hydrogen) atoms. The van der Waals surface area contributed by atoms with E-state index in [1.807, 2.05) is 6.92 Å². The lowest BCUT2D eigenvalue weighted by Gasteiger charge is -2.09. The Morgan fingerprint density at radius 3 is 2.72 bits per heavy atom. The molecule has 0 aromatic heterocycles. The Labute approximate surface area is 109 Å². The molecule has 0 saturated heterocycles. The third-order valence-electron chi connectivity index (χ3n) is 2.63. The molecule has 1 rings (SSSR count). The van der Waals surface area contributed by atoms with Crippen molar-refractivity contribution in [1.29, 1.82) is 0 Å². The summed E-state index contributed by atoms with van der Waals surface area (Å²) in [6.45, 7) is 4.10. The first-order valence-electron chi connectivity index (χ1n) is 5.60. The van der Waals surface area contributed by atoms with Gasteiger partial charge in [0.1, 0.15) is 5.56 Å². The van der Waals surface area contributed by atoms with E-state index >= 15 is 0 Å². The maximum absolute atomic E-state index is 11.0. The van der Waals surface area contributed by atoms with Gasteiger partial charge in [0.25, 0.3) is 5.69 Å². The molecular formula is C12H15NO4S. The molecule has 0 spiro atoms. The summed E-state index contributed by atoms with van der Waals surface area (Å²) in [7, 11) is 0. The first-order valence-corrected chi connectivity index (χ1v) is 6.59. The normalized spacial score (nSPS) is 12.1. The van der Waals surface area contributed by atoms with Crippen LogP contribution >= 0.6 is 11.8 Å². The number of para-hydroxylation sites is 1. The predicted octanol–water partition coefficient (Wildman–Crippen LogP) is 3.43. The van der Waals surface area contributed by atoms with Gasteiger partial charge in [0.2, 0.25) is 0 Å². The Hall–Kier alpha value is -1.56. The fourth-order valence-electron chi connectivity index (χ4n) is 1.35. The average Bonchev–Trinajstić information content (AvgIpc) is 2.34. The monoisotopic (exact) mass is 269 g/mol. The van der Waals surface area contributed by atoms with Crippen LogP contribution in [0.4, 0.5) is 5.69 Å². The van der Waals surface area contributed by atoms with Gasteiger partial charge in [0.15, 0.2) is 0 Å². The van der Waals surface area contributed by atoms with Crippen LogP contribution in [0, 0.1) is 16.0 Å². The molecule has 1 aromatic carbocycles. The highest BCUT2D eigenvalue weighted by Crippen LogP contribution is 2.33.